The minimum absolute atomic E-state index is 0.178. The number of benzene rings is 2. The summed E-state index contributed by atoms with van der Waals surface area (Å²) in [7, 11) is 1.51. The van der Waals surface area contributed by atoms with Crippen LogP contribution in [0.5, 0.6) is 5.75 Å². The summed E-state index contributed by atoms with van der Waals surface area (Å²) in [6, 6.07) is 17.2. The highest BCUT2D eigenvalue weighted by molar-refractivity contribution is 6.29. The molecule has 2 aromatic carbocycles. The standard InChI is InChI=1S/C26H26ClN5O4/c1-36-21-7-3-6-19(13-21)25(34)31-10-11-32(26(35)20-8-9-22(27)29-16-20)24(31)23(33)30-15-18-5-2-4-17(12-18)14-28/h2-9,12-13,16,24H,10-11,14-15,28H2,1H3,(H,30,33). The number of amides is 3. The Balaban J connectivity index is 1.61. The Morgan fingerprint density at radius 2 is 1.69 bits per heavy atom. The molecule has 0 bridgehead atoms. The van der Waals surface area contributed by atoms with Gasteiger partial charge in [-0.05, 0) is 41.5 Å². The van der Waals surface area contributed by atoms with Gasteiger partial charge in [-0.3, -0.25) is 14.4 Å². The molecule has 36 heavy (non-hydrogen) atoms. The first-order chi connectivity index (χ1) is 17.4. The van der Waals surface area contributed by atoms with Crippen molar-refractivity contribution in [2.45, 2.75) is 19.3 Å². The Bertz CT molecular complexity index is 1270. The number of carbonyl (C=O) groups is 3. The number of nitrogens with zero attached hydrogens (tertiary/aromatic N) is 3. The maximum atomic E-state index is 13.5. The first kappa shape index (κ1) is 25.2. The average Bonchev–Trinajstić information content (AvgIpc) is 3.36. The molecule has 1 saturated heterocycles. The van der Waals surface area contributed by atoms with Crippen molar-refractivity contribution in [3.8, 4) is 5.75 Å². The summed E-state index contributed by atoms with van der Waals surface area (Å²) in [5.41, 5.74) is 8.13. The van der Waals surface area contributed by atoms with Crippen LogP contribution in [0, 0.1) is 0 Å². The van der Waals surface area contributed by atoms with E-state index in [0.29, 0.717) is 17.9 Å². The van der Waals surface area contributed by atoms with Gasteiger partial charge in [0.1, 0.15) is 10.9 Å². The Morgan fingerprint density at radius 3 is 2.36 bits per heavy atom. The van der Waals surface area contributed by atoms with E-state index in [1.54, 1.807) is 24.3 Å². The van der Waals surface area contributed by atoms with E-state index in [-0.39, 0.29) is 36.3 Å². The normalized spacial score (nSPS) is 15.0. The second kappa shape index (κ2) is 11.2. The number of nitrogens with two attached hydrogens (primary N) is 1. The van der Waals surface area contributed by atoms with Crippen LogP contribution < -0.4 is 15.8 Å². The highest BCUT2D eigenvalue weighted by Gasteiger charge is 2.43. The SMILES string of the molecule is COc1cccc(C(=O)N2CCN(C(=O)c3ccc(Cl)nc3)C2C(=O)NCc2cccc(CN)c2)c1. The van der Waals surface area contributed by atoms with Gasteiger partial charge in [0.2, 0.25) is 0 Å². The Hall–Kier alpha value is -3.95. The van der Waals surface area contributed by atoms with Crippen molar-refractivity contribution in [1.29, 1.82) is 0 Å². The van der Waals surface area contributed by atoms with Gasteiger partial charge in [0, 0.05) is 37.9 Å². The zero-order valence-corrected chi connectivity index (χ0v) is 20.4. The minimum Gasteiger partial charge on any atom is -0.497 e. The van der Waals surface area contributed by atoms with Gasteiger partial charge in [-0.1, -0.05) is 41.9 Å². The summed E-state index contributed by atoms with van der Waals surface area (Å²) in [5.74, 6) is -0.771. The predicted molar refractivity (Wildman–Crippen MR) is 134 cm³/mol. The molecule has 1 atom stereocenters. The molecule has 1 unspecified atom stereocenters. The maximum Gasteiger partial charge on any atom is 0.264 e. The number of pyridine rings is 1. The van der Waals surface area contributed by atoms with Crippen molar-refractivity contribution in [2.24, 2.45) is 5.73 Å². The van der Waals surface area contributed by atoms with E-state index in [1.807, 2.05) is 24.3 Å². The number of methoxy groups -OCH3 is 1. The lowest BCUT2D eigenvalue weighted by Crippen LogP contribution is -2.53. The van der Waals surface area contributed by atoms with Crippen molar-refractivity contribution in [1.82, 2.24) is 20.1 Å². The van der Waals surface area contributed by atoms with E-state index >= 15 is 0 Å². The molecule has 0 aliphatic carbocycles. The average molecular weight is 508 g/mol. The Kier molecular flexibility index (Phi) is 7.82. The van der Waals surface area contributed by atoms with Crippen molar-refractivity contribution in [2.75, 3.05) is 20.2 Å². The topological polar surface area (TPSA) is 118 Å². The van der Waals surface area contributed by atoms with E-state index in [1.165, 1.54) is 35.2 Å². The number of halogens is 1. The zero-order valence-electron chi connectivity index (χ0n) is 19.7. The van der Waals surface area contributed by atoms with Gasteiger partial charge in [-0.25, -0.2) is 4.98 Å². The summed E-state index contributed by atoms with van der Waals surface area (Å²) < 4.78 is 5.23. The molecule has 3 N–H and O–H groups in total. The monoisotopic (exact) mass is 507 g/mol. The van der Waals surface area contributed by atoms with Gasteiger partial charge >= 0.3 is 0 Å². The molecule has 1 aliphatic rings. The molecule has 0 radical (unpaired) electrons. The Morgan fingerprint density at radius 1 is 1.00 bits per heavy atom. The predicted octanol–water partition coefficient (Wildman–Crippen LogP) is 2.44. The smallest absolute Gasteiger partial charge is 0.264 e. The van der Waals surface area contributed by atoms with E-state index in [0.717, 1.165) is 11.1 Å². The zero-order chi connectivity index (χ0) is 25.7. The van der Waals surface area contributed by atoms with Crippen LogP contribution in [0.4, 0.5) is 0 Å². The minimum atomic E-state index is -1.15. The molecule has 3 aromatic rings. The first-order valence-corrected chi connectivity index (χ1v) is 11.7. The van der Waals surface area contributed by atoms with Crippen molar-refractivity contribution >= 4 is 29.3 Å². The Labute approximate surface area is 213 Å². The van der Waals surface area contributed by atoms with Crippen LogP contribution in [0.15, 0.2) is 66.9 Å². The van der Waals surface area contributed by atoms with Gasteiger partial charge in [0.15, 0.2) is 6.17 Å². The first-order valence-electron chi connectivity index (χ1n) is 11.3. The third-order valence-corrected chi connectivity index (χ3v) is 6.14. The van der Waals surface area contributed by atoms with Crippen LogP contribution >= 0.6 is 11.6 Å². The molecule has 2 heterocycles. The molecule has 3 amide bonds. The lowest BCUT2D eigenvalue weighted by molar-refractivity contribution is -0.128. The fraction of sp³-hybridized carbons (Fsp3) is 0.231. The summed E-state index contributed by atoms with van der Waals surface area (Å²) in [6.45, 7) is 0.959. The lowest BCUT2D eigenvalue weighted by Gasteiger charge is -2.29. The number of carbonyl (C=O) groups excluding carboxylic acids is 3. The third-order valence-electron chi connectivity index (χ3n) is 5.91. The van der Waals surface area contributed by atoms with Crippen LogP contribution in [0.1, 0.15) is 31.8 Å². The molecule has 0 saturated carbocycles. The number of rotatable bonds is 7. The second-order valence-corrected chi connectivity index (χ2v) is 8.60. The van der Waals surface area contributed by atoms with Crippen LogP contribution in [0.2, 0.25) is 5.15 Å². The highest BCUT2D eigenvalue weighted by atomic mass is 35.5. The fourth-order valence-corrected chi connectivity index (χ4v) is 4.19. The second-order valence-electron chi connectivity index (χ2n) is 8.21. The number of hydrogen-bond donors (Lipinski definition) is 2. The molecule has 1 aromatic heterocycles. The van der Waals surface area contributed by atoms with Crippen LogP contribution in [-0.4, -0.2) is 58.9 Å². The summed E-state index contributed by atoms with van der Waals surface area (Å²) >= 11 is 5.86. The van der Waals surface area contributed by atoms with Gasteiger partial charge in [0.25, 0.3) is 17.7 Å². The van der Waals surface area contributed by atoms with E-state index in [2.05, 4.69) is 10.3 Å². The van der Waals surface area contributed by atoms with Crippen LogP contribution in [0.3, 0.4) is 0 Å². The van der Waals surface area contributed by atoms with Gasteiger partial charge < -0.3 is 25.6 Å². The van der Waals surface area contributed by atoms with Crippen molar-refractivity contribution < 1.29 is 19.1 Å². The molecule has 186 valence electrons. The van der Waals surface area contributed by atoms with E-state index < -0.39 is 18.0 Å². The number of hydrogen-bond acceptors (Lipinski definition) is 6. The molecule has 10 heteroatoms. The summed E-state index contributed by atoms with van der Waals surface area (Å²) in [4.78, 5) is 47.0. The quantitative estimate of drug-likeness (QED) is 0.474. The molecule has 1 aliphatic heterocycles. The lowest BCUT2D eigenvalue weighted by atomic mass is 10.1. The van der Waals surface area contributed by atoms with Gasteiger partial charge in [-0.15, -0.1) is 0 Å². The van der Waals surface area contributed by atoms with Gasteiger partial charge in [0.05, 0.1) is 12.7 Å². The molecule has 9 nitrogen and oxygen atoms in total. The molecule has 0 spiro atoms. The molecule has 1 fully saturated rings. The molecular formula is C26H26ClN5O4. The molecule has 4 rings (SSSR count). The number of aromatic nitrogens is 1. The van der Waals surface area contributed by atoms with Gasteiger partial charge in [-0.2, -0.15) is 0 Å². The molecular weight excluding hydrogens is 482 g/mol. The number of nitrogens with one attached hydrogen (secondary N) is 1. The third kappa shape index (κ3) is 5.48. The van der Waals surface area contributed by atoms with E-state index in [4.69, 9.17) is 22.1 Å². The van der Waals surface area contributed by atoms with Crippen molar-refractivity contribution in [3.63, 3.8) is 0 Å². The van der Waals surface area contributed by atoms with E-state index in [9.17, 15) is 14.4 Å². The summed E-state index contributed by atoms with van der Waals surface area (Å²) in [6.07, 6.45) is 0.203. The number of ether oxygens (including phenoxy) is 1. The van der Waals surface area contributed by atoms with Crippen molar-refractivity contribution in [3.05, 3.63) is 94.3 Å². The fourth-order valence-electron chi connectivity index (χ4n) is 4.07. The largest absolute Gasteiger partial charge is 0.497 e. The summed E-state index contributed by atoms with van der Waals surface area (Å²) in [5, 5.41) is 3.11. The van der Waals surface area contributed by atoms with Crippen LogP contribution in [-0.2, 0) is 17.9 Å². The van der Waals surface area contributed by atoms with Crippen LogP contribution in [0.25, 0.3) is 0 Å². The maximum absolute atomic E-state index is 13.5. The highest BCUT2D eigenvalue weighted by Crippen LogP contribution is 2.23.